The van der Waals surface area contributed by atoms with E-state index in [4.69, 9.17) is 0 Å². The number of carbonyl (C=O) groups excluding carboxylic acids is 1. The van der Waals surface area contributed by atoms with Crippen LogP contribution >= 0.6 is 0 Å². The first-order valence-corrected chi connectivity index (χ1v) is 10.8. The van der Waals surface area contributed by atoms with Crippen molar-refractivity contribution >= 4 is 17.9 Å². The van der Waals surface area contributed by atoms with Crippen molar-refractivity contribution in [1.29, 1.82) is 0 Å². The van der Waals surface area contributed by atoms with Gasteiger partial charge in [0.15, 0.2) is 5.78 Å². The third kappa shape index (κ3) is 5.55. The van der Waals surface area contributed by atoms with E-state index in [-0.39, 0.29) is 5.78 Å². The minimum absolute atomic E-state index is 0.213. The lowest BCUT2D eigenvalue weighted by molar-refractivity contribution is -0.111. The van der Waals surface area contributed by atoms with Crippen LogP contribution in [0.5, 0.6) is 0 Å². The smallest absolute Gasteiger partial charge is 0.185 e. The summed E-state index contributed by atoms with van der Waals surface area (Å²) in [7, 11) is 0. The standard InChI is InChI=1S/C27H32O/c1-3-5-7-21-9-13-23(14-10-21)19-25-17-18-26(27(25)28)20-24-15-11-22(12-16-24)8-6-4-2/h9-16,19-20H,3-8,17-18H2,1-2H3. The average Bonchev–Trinajstić information content (AvgIpc) is 3.06. The van der Waals surface area contributed by atoms with Crippen LogP contribution in [0.25, 0.3) is 12.2 Å². The molecule has 0 aromatic heterocycles. The number of allylic oxidation sites excluding steroid dienone is 2. The number of carbonyl (C=O) groups is 1. The van der Waals surface area contributed by atoms with E-state index < -0.39 is 0 Å². The highest BCUT2D eigenvalue weighted by molar-refractivity contribution is 6.15. The maximum atomic E-state index is 12.8. The Balaban J connectivity index is 1.66. The molecular weight excluding hydrogens is 340 g/mol. The molecule has 0 N–H and O–H groups in total. The molecule has 0 bridgehead atoms. The van der Waals surface area contributed by atoms with E-state index in [2.05, 4.69) is 74.5 Å². The Hall–Kier alpha value is -2.41. The summed E-state index contributed by atoms with van der Waals surface area (Å²) in [6.45, 7) is 4.44. The quantitative estimate of drug-likeness (QED) is 0.448. The summed E-state index contributed by atoms with van der Waals surface area (Å²) in [5, 5.41) is 0. The molecule has 0 spiro atoms. The number of hydrogen-bond acceptors (Lipinski definition) is 1. The minimum atomic E-state index is 0.213. The van der Waals surface area contributed by atoms with Crippen molar-refractivity contribution in [2.75, 3.05) is 0 Å². The minimum Gasteiger partial charge on any atom is -0.289 e. The van der Waals surface area contributed by atoms with Crippen molar-refractivity contribution in [3.05, 3.63) is 81.9 Å². The van der Waals surface area contributed by atoms with E-state index in [1.54, 1.807) is 0 Å². The first-order chi connectivity index (χ1) is 13.7. The molecule has 1 nitrogen and oxygen atoms in total. The topological polar surface area (TPSA) is 17.1 Å². The van der Waals surface area contributed by atoms with Crippen molar-refractivity contribution in [3.63, 3.8) is 0 Å². The van der Waals surface area contributed by atoms with Crippen molar-refractivity contribution in [2.45, 2.75) is 65.2 Å². The highest BCUT2D eigenvalue weighted by atomic mass is 16.1. The van der Waals surface area contributed by atoms with Crippen LogP contribution in [0.4, 0.5) is 0 Å². The predicted octanol–water partition coefficient (Wildman–Crippen LogP) is 7.20. The Kier molecular flexibility index (Phi) is 7.42. The normalized spacial score (nSPS) is 17.0. The highest BCUT2D eigenvalue weighted by Crippen LogP contribution is 2.29. The van der Waals surface area contributed by atoms with E-state index in [0.717, 1.165) is 48.0 Å². The van der Waals surface area contributed by atoms with E-state index >= 15 is 0 Å². The lowest BCUT2D eigenvalue weighted by Crippen LogP contribution is -1.95. The molecule has 0 radical (unpaired) electrons. The molecule has 28 heavy (non-hydrogen) atoms. The molecule has 1 heteroatoms. The highest BCUT2D eigenvalue weighted by Gasteiger charge is 2.22. The van der Waals surface area contributed by atoms with E-state index in [1.165, 1.54) is 36.8 Å². The third-order valence-electron chi connectivity index (χ3n) is 5.53. The zero-order chi connectivity index (χ0) is 19.8. The van der Waals surface area contributed by atoms with Crippen molar-refractivity contribution in [2.24, 2.45) is 0 Å². The van der Waals surface area contributed by atoms with Crippen LogP contribution in [0.15, 0.2) is 59.7 Å². The lowest BCUT2D eigenvalue weighted by atomic mass is 10.0. The molecule has 0 aliphatic heterocycles. The Morgan fingerprint density at radius 3 is 1.43 bits per heavy atom. The summed E-state index contributed by atoms with van der Waals surface area (Å²) in [6.07, 6.45) is 13.0. The molecule has 1 aliphatic carbocycles. The molecule has 1 aliphatic rings. The summed E-state index contributed by atoms with van der Waals surface area (Å²) in [4.78, 5) is 12.8. The molecule has 1 saturated carbocycles. The van der Waals surface area contributed by atoms with Gasteiger partial charge in [-0.3, -0.25) is 4.79 Å². The van der Waals surface area contributed by atoms with Crippen LogP contribution in [0, 0.1) is 0 Å². The van der Waals surface area contributed by atoms with Gasteiger partial charge in [0.2, 0.25) is 0 Å². The number of rotatable bonds is 8. The number of aryl methyl sites for hydroxylation is 2. The molecule has 0 amide bonds. The molecule has 3 rings (SSSR count). The maximum Gasteiger partial charge on any atom is 0.185 e. The predicted molar refractivity (Wildman–Crippen MR) is 120 cm³/mol. The summed E-state index contributed by atoms with van der Waals surface area (Å²) >= 11 is 0. The van der Waals surface area contributed by atoms with Crippen molar-refractivity contribution in [1.82, 2.24) is 0 Å². The summed E-state index contributed by atoms with van der Waals surface area (Å²) in [5.74, 6) is 0.213. The fourth-order valence-electron chi connectivity index (χ4n) is 3.70. The van der Waals surface area contributed by atoms with Gasteiger partial charge in [0.05, 0.1) is 0 Å². The number of Topliss-reactive ketones (excluding diaryl/α,β-unsaturated/α-hetero) is 1. The first-order valence-electron chi connectivity index (χ1n) is 10.8. The number of benzene rings is 2. The second-order valence-electron chi connectivity index (χ2n) is 7.86. The molecule has 0 unspecified atom stereocenters. The van der Waals surface area contributed by atoms with Gasteiger partial charge in [-0.2, -0.15) is 0 Å². The van der Waals surface area contributed by atoms with Gasteiger partial charge in [-0.15, -0.1) is 0 Å². The summed E-state index contributed by atoms with van der Waals surface area (Å²) < 4.78 is 0. The zero-order valence-electron chi connectivity index (χ0n) is 17.3. The Morgan fingerprint density at radius 2 is 1.07 bits per heavy atom. The van der Waals surface area contributed by atoms with Crippen molar-refractivity contribution < 1.29 is 4.79 Å². The van der Waals surface area contributed by atoms with Gasteiger partial charge in [0, 0.05) is 11.1 Å². The fourth-order valence-corrected chi connectivity index (χ4v) is 3.70. The second-order valence-corrected chi connectivity index (χ2v) is 7.86. The van der Waals surface area contributed by atoms with Gasteiger partial charge in [0.25, 0.3) is 0 Å². The van der Waals surface area contributed by atoms with Gasteiger partial charge in [-0.05, 0) is 72.9 Å². The monoisotopic (exact) mass is 372 g/mol. The second kappa shape index (κ2) is 10.2. The molecule has 0 heterocycles. The molecule has 0 atom stereocenters. The molecular formula is C27H32O. The Morgan fingerprint density at radius 1 is 0.679 bits per heavy atom. The Labute approximate surface area is 170 Å². The molecule has 2 aromatic carbocycles. The van der Waals surface area contributed by atoms with Gasteiger partial charge < -0.3 is 0 Å². The molecule has 2 aromatic rings. The fraction of sp³-hybridized carbons (Fsp3) is 0.370. The zero-order valence-corrected chi connectivity index (χ0v) is 17.3. The van der Waals surface area contributed by atoms with Gasteiger partial charge in [-0.25, -0.2) is 0 Å². The number of unbranched alkanes of at least 4 members (excludes halogenated alkanes) is 2. The van der Waals surface area contributed by atoms with Crippen LogP contribution in [-0.2, 0) is 17.6 Å². The number of ketones is 1. The average molecular weight is 373 g/mol. The van der Waals surface area contributed by atoms with Crippen LogP contribution in [0.2, 0.25) is 0 Å². The largest absolute Gasteiger partial charge is 0.289 e. The SMILES string of the molecule is CCCCc1ccc(C=C2CCC(=Cc3ccc(CCCC)cc3)C2=O)cc1. The molecule has 1 fully saturated rings. The Bertz CT molecular complexity index is 763. The van der Waals surface area contributed by atoms with Crippen LogP contribution < -0.4 is 0 Å². The third-order valence-corrected chi connectivity index (χ3v) is 5.53. The molecule has 146 valence electrons. The maximum absolute atomic E-state index is 12.8. The van der Waals surface area contributed by atoms with Gasteiger partial charge in [-0.1, -0.05) is 75.2 Å². The van der Waals surface area contributed by atoms with Crippen LogP contribution in [-0.4, -0.2) is 5.78 Å². The first kappa shape index (κ1) is 20.3. The van der Waals surface area contributed by atoms with E-state index in [9.17, 15) is 4.79 Å². The van der Waals surface area contributed by atoms with E-state index in [0.29, 0.717) is 0 Å². The molecule has 0 saturated heterocycles. The number of hydrogen-bond donors (Lipinski definition) is 0. The lowest BCUT2D eigenvalue weighted by Gasteiger charge is -2.02. The van der Waals surface area contributed by atoms with E-state index in [1.807, 2.05) is 0 Å². The summed E-state index contributed by atoms with van der Waals surface area (Å²) in [6, 6.07) is 17.3. The van der Waals surface area contributed by atoms with Gasteiger partial charge in [0.1, 0.15) is 0 Å². The van der Waals surface area contributed by atoms with Crippen molar-refractivity contribution in [3.8, 4) is 0 Å². The van der Waals surface area contributed by atoms with Crippen LogP contribution in [0.3, 0.4) is 0 Å². The van der Waals surface area contributed by atoms with Crippen LogP contribution in [0.1, 0.15) is 74.6 Å². The summed E-state index contributed by atoms with van der Waals surface area (Å²) in [5.41, 5.74) is 6.89. The van der Waals surface area contributed by atoms with Gasteiger partial charge >= 0.3 is 0 Å².